The van der Waals surface area contributed by atoms with E-state index in [1.165, 1.54) is 18.2 Å². The Kier molecular flexibility index (Phi) is 5.19. The highest BCUT2D eigenvalue weighted by Gasteiger charge is 2.53. The van der Waals surface area contributed by atoms with E-state index < -0.39 is 17.6 Å². The van der Waals surface area contributed by atoms with Crippen LogP contribution in [0.5, 0.6) is 0 Å². The summed E-state index contributed by atoms with van der Waals surface area (Å²) in [4.78, 5) is 20.8. The SMILES string of the molecule is CN1CC2CC1(C#Cc1cccc3c1COCCN3c1nc(=O)n(C(O)(O)O)c3cccc(F)c13)C2. The Bertz CT molecular complexity index is 1500. The third-order valence-electron chi connectivity index (χ3n) is 7.50. The van der Waals surface area contributed by atoms with Gasteiger partial charge in [-0.3, -0.25) is 4.90 Å². The summed E-state index contributed by atoms with van der Waals surface area (Å²) in [6.45, 7) is 1.89. The number of aromatic nitrogens is 2. The second-order valence-corrected chi connectivity index (χ2v) is 9.73. The number of fused-ring (bicyclic) bond motifs is 3. The van der Waals surface area contributed by atoms with E-state index in [1.54, 1.807) is 4.90 Å². The van der Waals surface area contributed by atoms with E-state index in [-0.39, 0.29) is 46.6 Å². The molecule has 0 unspecified atom stereocenters. The highest BCUT2D eigenvalue weighted by Crippen LogP contribution is 2.49. The van der Waals surface area contributed by atoms with Gasteiger partial charge in [-0.1, -0.05) is 24.0 Å². The van der Waals surface area contributed by atoms with Crippen molar-refractivity contribution in [2.24, 2.45) is 5.92 Å². The monoisotopic (exact) mass is 492 g/mol. The van der Waals surface area contributed by atoms with Crippen LogP contribution in [0.2, 0.25) is 0 Å². The van der Waals surface area contributed by atoms with E-state index in [0.717, 1.165) is 30.5 Å². The summed E-state index contributed by atoms with van der Waals surface area (Å²) in [5.41, 5.74) is 0.794. The first kappa shape index (κ1) is 23.1. The maximum absolute atomic E-state index is 15.2. The van der Waals surface area contributed by atoms with E-state index in [1.807, 2.05) is 18.2 Å². The van der Waals surface area contributed by atoms with Crippen molar-refractivity contribution in [3.63, 3.8) is 0 Å². The molecule has 2 aromatic carbocycles. The summed E-state index contributed by atoms with van der Waals surface area (Å²) in [6.07, 6.45) is -1.41. The Hall–Kier alpha value is -3.33. The van der Waals surface area contributed by atoms with Crippen LogP contribution in [-0.2, 0) is 17.4 Å². The van der Waals surface area contributed by atoms with Crippen LogP contribution >= 0.6 is 0 Å². The van der Waals surface area contributed by atoms with Gasteiger partial charge in [-0.15, -0.1) is 0 Å². The summed E-state index contributed by atoms with van der Waals surface area (Å²) in [7, 11) is 2.10. The number of halogens is 1. The molecule has 0 spiro atoms. The molecular weight excluding hydrogens is 467 g/mol. The average Bonchev–Trinajstić information content (AvgIpc) is 3.17. The fourth-order valence-electron chi connectivity index (χ4n) is 5.75. The zero-order valence-electron chi connectivity index (χ0n) is 19.6. The molecule has 1 aliphatic carbocycles. The molecule has 3 aliphatic heterocycles. The molecule has 10 heteroatoms. The number of aliphatic hydroxyl groups is 3. The molecule has 2 saturated heterocycles. The molecule has 7 rings (SSSR count). The first-order valence-corrected chi connectivity index (χ1v) is 11.8. The van der Waals surface area contributed by atoms with Gasteiger partial charge in [-0.2, -0.15) is 4.98 Å². The van der Waals surface area contributed by atoms with Crippen molar-refractivity contribution in [1.82, 2.24) is 14.5 Å². The maximum atomic E-state index is 15.2. The molecule has 4 heterocycles. The Morgan fingerprint density at radius 2 is 1.97 bits per heavy atom. The van der Waals surface area contributed by atoms with Crippen LogP contribution in [0.15, 0.2) is 41.2 Å². The topological polar surface area (TPSA) is 111 Å². The van der Waals surface area contributed by atoms with E-state index in [9.17, 15) is 20.1 Å². The third-order valence-corrected chi connectivity index (χ3v) is 7.50. The minimum Gasteiger partial charge on any atom is -0.375 e. The first-order valence-electron chi connectivity index (χ1n) is 11.8. The summed E-state index contributed by atoms with van der Waals surface area (Å²) in [5, 5.41) is 29.1. The number of rotatable bonds is 2. The number of anilines is 2. The molecule has 36 heavy (non-hydrogen) atoms. The number of benzene rings is 2. The van der Waals surface area contributed by atoms with E-state index in [4.69, 9.17) is 4.74 Å². The smallest absolute Gasteiger partial charge is 0.375 e. The number of nitrogens with zero attached hydrogens (tertiary/aromatic N) is 4. The van der Waals surface area contributed by atoms with Crippen LogP contribution < -0.4 is 10.6 Å². The first-order chi connectivity index (χ1) is 17.2. The molecule has 0 radical (unpaired) electrons. The zero-order chi connectivity index (χ0) is 25.2. The Morgan fingerprint density at radius 1 is 1.19 bits per heavy atom. The van der Waals surface area contributed by atoms with Gasteiger partial charge in [0.1, 0.15) is 5.82 Å². The highest BCUT2D eigenvalue weighted by molar-refractivity contribution is 5.93. The second-order valence-electron chi connectivity index (χ2n) is 9.73. The zero-order valence-corrected chi connectivity index (χ0v) is 19.6. The summed E-state index contributed by atoms with van der Waals surface area (Å²) >= 11 is 0. The maximum Gasteiger partial charge on any atom is 0.377 e. The molecule has 4 aliphatic rings. The molecule has 0 amide bonds. The Balaban J connectivity index is 1.52. The predicted octanol–water partition coefficient (Wildman–Crippen LogP) is 1.19. The number of ether oxygens (including phenoxy) is 1. The van der Waals surface area contributed by atoms with Crippen molar-refractivity contribution >= 4 is 22.4 Å². The third kappa shape index (κ3) is 3.51. The molecule has 3 fully saturated rings. The van der Waals surface area contributed by atoms with Crippen molar-refractivity contribution in [2.45, 2.75) is 31.1 Å². The van der Waals surface area contributed by atoms with Gasteiger partial charge in [0.05, 0.1) is 29.7 Å². The molecule has 1 aromatic heterocycles. The molecule has 0 atom stereocenters. The molecule has 3 N–H and O–H groups in total. The number of hydrogen-bond donors (Lipinski definition) is 3. The normalized spacial score (nSPS) is 23.6. The van der Waals surface area contributed by atoms with Crippen molar-refractivity contribution in [3.05, 3.63) is 63.8 Å². The number of hydrogen-bond acceptors (Lipinski definition) is 8. The Labute approximate surface area is 206 Å². The van der Waals surface area contributed by atoms with Crippen LogP contribution in [0.4, 0.5) is 15.9 Å². The standard InChI is InChI=1S/C26H25FN4O5/c1-29-14-16-12-25(29,13-16)9-8-17-4-2-6-20-18(17)15-36-11-10-30(20)23-22-19(27)5-3-7-21(22)31(24(32)28-23)26(33,34)35/h2-7,16,33-35H,10-15H2,1H3. The van der Waals surface area contributed by atoms with E-state index >= 15 is 4.39 Å². The fourth-order valence-corrected chi connectivity index (χ4v) is 5.75. The van der Waals surface area contributed by atoms with Gasteiger partial charge < -0.3 is 25.0 Å². The van der Waals surface area contributed by atoms with Crippen LogP contribution in [0.25, 0.3) is 10.9 Å². The lowest BCUT2D eigenvalue weighted by Crippen LogP contribution is -2.43. The van der Waals surface area contributed by atoms with Gasteiger partial charge in [-0.05, 0) is 50.1 Å². The summed E-state index contributed by atoms with van der Waals surface area (Å²) in [5.74, 6) is 6.79. The molecule has 9 nitrogen and oxygen atoms in total. The highest BCUT2D eigenvalue weighted by atomic mass is 19.1. The van der Waals surface area contributed by atoms with Crippen LogP contribution in [0.3, 0.4) is 0 Å². The van der Waals surface area contributed by atoms with Gasteiger partial charge in [0, 0.05) is 29.9 Å². The summed E-state index contributed by atoms with van der Waals surface area (Å²) < 4.78 is 21.2. The van der Waals surface area contributed by atoms with Gasteiger partial charge in [0.25, 0.3) is 0 Å². The molecule has 186 valence electrons. The van der Waals surface area contributed by atoms with Crippen molar-refractivity contribution in [2.75, 3.05) is 31.6 Å². The fraction of sp³-hybridized carbons (Fsp3) is 0.385. The van der Waals surface area contributed by atoms with Crippen molar-refractivity contribution < 1.29 is 24.4 Å². The van der Waals surface area contributed by atoms with Crippen LogP contribution in [-0.4, -0.2) is 62.1 Å². The quantitative estimate of drug-likeness (QED) is 0.362. The van der Waals surface area contributed by atoms with Crippen LogP contribution in [0, 0.1) is 23.6 Å². The average molecular weight is 493 g/mol. The summed E-state index contributed by atoms with van der Waals surface area (Å²) in [6, 6.07) is 9.39. The predicted molar refractivity (Wildman–Crippen MR) is 129 cm³/mol. The van der Waals surface area contributed by atoms with E-state index in [0.29, 0.717) is 11.6 Å². The Morgan fingerprint density at radius 3 is 2.69 bits per heavy atom. The van der Waals surface area contributed by atoms with E-state index in [2.05, 4.69) is 28.8 Å². The van der Waals surface area contributed by atoms with Gasteiger partial charge in [0.15, 0.2) is 5.82 Å². The largest absolute Gasteiger partial charge is 0.377 e. The van der Waals surface area contributed by atoms with Crippen molar-refractivity contribution in [1.29, 1.82) is 0 Å². The van der Waals surface area contributed by atoms with Crippen molar-refractivity contribution in [3.8, 4) is 11.8 Å². The minimum atomic E-state index is -3.55. The van der Waals surface area contributed by atoms with Crippen LogP contribution in [0.1, 0.15) is 24.0 Å². The second kappa shape index (κ2) is 8.09. The lowest BCUT2D eigenvalue weighted by molar-refractivity contribution is -0.374. The minimum absolute atomic E-state index is 0.0126. The van der Waals surface area contributed by atoms with Gasteiger partial charge in [0.2, 0.25) is 0 Å². The molecular formula is C26H25FN4O5. The van der Waals surface area contributed by atoms with Gasteiger partial charge >= 0.3 is 11.8 Å². The molecule has 1 saturated carbocycles. The molecule has 2 bridgehead atoms. The lowest BCUT2D eigenvalue weighted by Gasteiger charge is -2.36. The van der Waals surface area contributed by atoms with Gasteiger partial charge in [-0.25, -0.2) is 13.8 Å². The molecule has 3 aromatic rings. The lowest BCUT2D eigenvalue weighted by atomic mass is 9.73.